The van der Waals surface area contributed by atoms with Crippen LogP contribution in [-0.2, 0) is 27.1 Å². The van der Waals surface area contributed by atoms with Gasteiger partial charge in [-0.15, -0.1) is 11.3 Å². The van der Waals surface area contributed by atoms with Crippen molar-refractivity contribution in [1.82, 2.24) is 0 Å². The Labute approximate surface area is 194 Å². The number of anilines is 1. The third-order valence-electron chi connectivity index (χ3n) is 4.98. The van der Waals surface area contributed by atoms with Crippen LogP contribution in [0.4, 0.5) is 5.00 Å². The molecule has 6 nitrogen and oxygen atoms in total. The highest BCUT2D eigenvalue weighted by Gasteiger charge is 2.30. The molecule has 0 bridgehead atoms. The number of hydrogen-bond donors (Lipinski definition) is 1. The van der Waals surface area contributed by atoms with E-state index in [9.17, 15) is 14.4 Å². The summed E-state index contributed by atoms with van der Waals surface area (Å²) < 4.78 is 10.5. The number of ether oxygens (including phenoxy) is 2. The van der Waals surface area contributed by atoms with Gasteiger partial charge in [-0.2, -0.15) is 0 Å². The number of fused-ring (bicyclic) bond motifs is 1. The van der Waals surface area contributed by atoms with E-state index in [1.807, 2.05) is 0 Å². The minimum Gasteiger partial charge on any atom is -0.462 e. The van der Waals surface area contributed by atoms with Crippen LogP contribution < -0.4 is 5.32 Å². The number of benzene rings is 1. The van der Waals surface area contributed by atoms with Gasteiger partial charge in [0, 0.05) is 14.9 Å². The van der Waals surface area contributed by atoms with Crippen LogP contribution in [0.25, 0.3) is 0 Å². The van der Waals surface area contributed by atoms with Crippen LogP contribution in [0.1, 0.15) is 58.3 Å². The molecule has 1 aromatic heterocycles. The summed E-state index contributed by atoms with van der Waals surface area (Å²) in [5, 5.41) is 3.75. The number of rotatable bonds is 6. The van der Waals surface area contributed by atoms with E-state index in [2.05, 4.69) is 12.2 Å². The Balaban J connectivity index is 1.77. The average Bonchev–Trinajstić information content (AvgIpc) is 3.04. The molecule has 1 heterocycles. The first-order chi connectivity index (χ1) is 14.7. The van der Waals surface area contributed by atoms with Crippen LogP contribution in [0.2, 0.25) is 10.0 Å². The Morgan fingerprint density at radius 1 is 1.19 bits per heavy atom. The van der Waals surface area contributed by atoms with Crippen LogP contribution in [-0.4, -0.2) is 30.6 Å². The lowest BCUT2D eigenvalue weighted by molar-refractivity contribution is -0.123. The number of carbonyl (C=O) groups is 3. The summed E-state index contributed by atoms with van der Waals surface area (Å²) in [5.74, 6) is -1.21. The summed E-state index contributed by atoms with van der Waals surface area (Å²) in [6.45, 7) is 5.59. The van der Waals surface area contributed by atoms with Crippen molar-refractivity contribution in [3.05, 3.63) is 49.8 Å². The van der Waals surface area contributed by atoms with Crippen molar-refractivity contribution in [2.24, 2.45) is 5.92 Å². The zero-order valence-corrected chi connectivity index (χ0v) is 19.7. The van der Waals surface area contributed by atoms with E-state index < -0.39 is 23.9 Å². The first-order valence-corrected chi connectivity index (χ1v) is 11.6. The van der Waals surface area contributed by atoms with Gasteiger partial charge in [-0.3, -0.25) is 4.79 Å². The maximum Gasteiger partial charge on any atom is 0.341 e. The summed E-state index contributed by atoms with van der Waals surface area (Å²) >= 11 is 13.2. The molecule has 0 saturated heterocycles. The molecule has 0 saturated carbocycles. The molecule has 0 aliphatic heterocycles. The molecule has 2 aromatic rings. The Kier molecular flexibility index (Phi) is 7.62. The highest BCUT2D eigenvalue weighted by Crippen LogP contribution is 2.40. The standard InChI is InChI=1S/C22H23Cl2NO5S/c1-4-29-22(28)18-16-6-5-11(2)7-17(16)31-20(18)25-19(26)12(3)30-21(27)13-8-14(23)10-15(24)9-13/h8-12H,4-7H2,1-3H3,(H,25,26). The molecular weight excluding hydrogens is 461 g/mol. The number of thiophene rings is 1. The maximum absolute atomic E-state index is 12.7. The molecule has 0 fully saturated rings. The lowest BCUT2D eigenvalue weighted by atomic mass is 9.88. The van der Waals surface area contributed by atoms with E-state index in [0.717, 1.165) is 29.7 Å². The van der Waals surface area contributed by atoms with Crippen molar-refractivity contribution in [2.75, 3.05) is 11.9 Å². The van der Waals surface area contributed by atoms with Crippen LogP contribution in [0.15, 0.2) is 18.2 Å². The molecular formula is C22H23Cl2NO5S. The normalized spacial score (nSPS) is 16.2. The van der Waals surface area contributed by atoms with Crippen molar-refractivity contribution in [3.63, 3.8) is 0 Å². The van der Waals surface area contributed by atoms with Gasteiger partial charge in [-0.25, -0.2) is 9.59 Å². The fraction of sp³-hybridized carbons (Fsp3) is 0.409. The number of esters is 2. The summed E-state index contributed by atoms with van der Waals surface area (Å²) in [6.07, 6.45) is 1.48. The minimum absolute atomic E-state index is 0.143. The molecule has 1 aliphatic rings. The Morgan fingerprint density at radius 2 is 1.87 bits per heavy atom. The Morgan fingerprint density at radius 3 is 2.52 bits per heavy atom. The lowest BCUT2D eigenvalue weighted by Crippen LogP contribution is -2.30. The molecule has 2 atom stereocenters. The monoisotopic (exact) mass is 483 g/mol. The molecule has 31 heavy (non-hydrogen) atoms. The van der Waals surface area contributed by atoms with Gasteiger partial charge in [-0.05, 0) is 62.8 Å². The topological polar surface area (TPSA) is 81.7 Å². The molecule has 1 amide bonds. The molecule has 2 unspecified atom stereocenters. The smallest absolute Gasteiger partial charge is 0.341 e. The Hall–Kier alpha value is -2.09. The summed E-state index contributed by atoms with van der Waals surface area (Å²) in [6, 6.07) is 4.31. The largest absolute Gasteiger partial charge is 0.462 e. The second kappa shape index (κ2) is 10.0. The Bertz CT molecular complexity index is 999. The number of halogens is 2. The molecule has 1 aromatic carbocycles. The van der Waals surface area contributed by atoms with Gasteiger partial charge in [0.25, 0.3) is 5.91 Å². The first kappa shape index (κ1) is 23.6. The highest BCUT2D eigenvalue weighted by atomic mass is 35.5. The van der Waals surface area contributed by atoms with Crippen molar-refractivity contribution in [3.8, 4) is 0 Å². The van der Waals surface area contributed by atoms with Gasteiger partial charge in [0.05, 0.1) is 17.7 Å². The third-order valence-corrected chi connectivity index (χ3v) is 6.59. The quantitative estimate of drug-likeness (QED) is 0.545. The van der Waals surface area contributed by atoms with Gasteiger partial charge in [0.1, 0.15) is 5.00 Å². The highest BCUT2D eigenvalue weighted by molar-refractivity contribution is 7.17. The zero-order valence-electron chi connectivity index (χ0n) is 17.4. The number of nitrogens with one attached hydrogen (secondary N) is 1. The molecule has 0 radical (unpaired) electrons. The fourth-order valence-corrected chi connectivity index (χ4v) is 5.35. The summed E-state index contributed by atoms with van der Waals surface area (Å²) in [7, 11) is 0. The molecule has 9 heteroatoms. The van der Waals surface area contributed by atoms with Crippen LogP contribution >= 0.6 is 34.5 Å². The first-order valence-electron chi connectivity index (χ1n) is 9.99. The molecule has 3 rings (SSSR count). The number of amides is 1. The van der Waals surface area contributed by atoms with Crippen molar-refractivity contribution < 1.29 is 23.9 Å². The van der Waals surface area contributed by atoms with Crippen molar-refractivity contribution in [2.45, 2.75) is 46.1 Å². The van der Waals surface area contributed by atoms with E-state index in [1.165, 1.54) is 36.5 Å². The lowest BCUT2D eigenvalue weighted by Gasteiger charge is -2.18. The fourth-order valence-electron chi connectivity index (χ4n) is 3.43. The molecule has 0 spiro atoms. The predicted molar refractivity (Wildman–Crippen MR) is 121 cm³/mol. The van der Waals surface area contributed by atoms with Crippen molar-refractivity contribution in [1.29, 1.82) is 0 Å². The average molecular weight is 484 g/mol. The molecule has 166 valence electrons. The zero-order chi connectivity index (χ0) is 22.7. The van der Waals surface area contributed by atoms with E-state index in [4.69, 9.17) is 32.7 Å². The van der Waals surface area contributed by atoms with E-state index in [1.54, 1.807) is 6.92 Å². The maximum atomic E-state index is 12.7. The van der Waals surface area contributed by atoms with Crippen LogP contribution in [0, 0.1) is 5.92 Å². The second-order valence-corrected chi connectivity index (χ2v) is 9.45. The van der Waals surface area contributed by atoms with Gasteiger partial charge in [0.2, 0.25) is 0 Å². The third kappa shape index (κ3) is 5.59. The number of carbonyl (C=O) groups excluding carboxylic acids is 3. The molecule has 1 aliphatic carbocycles. The predicted octanol–water partition coefficient (Wildman–Crippen LogP) is 5.54. The molecule has 1 N–H and O–H groups in total. The van der Waals surface area contributed by atoms with Crippen molar-refractivity contribution >= 4 is 57.4 Å². The van der Waals surface area contributed by atoms with Gasteiger partial charge in [-0.1, -0.05) is 30.1 Å². The van der Waals surface area contributed by atoms with Gasteiger partial charge in [0.15, 0.2) is 6.10 Å². The summed E-state index contributed by atoms with van der Waals surface area (Å²) in [5.41, 5.74) is 1.49. The van der Waals surface area contributed by atoms with Crippen LogP contribution in [0.5, 0.6) is 0 Å². The SMILES string of the molecule is CCOC(=O)c1c(NC(=O)C(C)OC(=O)c2cc(Cl)cc(Cl)c2)sc2c1CCC(C)C2. The van der Waals surface area contributed by atoms with Crippen LogP contribution in [0.3, 0.4) is 0 Å². The summed E-state index contributed by atoms with van der Waals surface area (Å²) in [4.78, 5) is 38.8. The van der Waals surface area contributed by atoms with E-state index in [0.29, 0.717) is 16.5 Å². The van der Waals surface area contributed by atoms with Gasteiger partial charge >= 0.3 is 11.9 Å². The minimum atomic E-state index is -1.10. The van der Waals surface area contributed by atoms with E-state index in [-0.39, 0.29) is 22.2 Å². The second-order valence-electron chi connectivity index (χ2n) is 7.47. The number of hydrogen-bond acceptors (Lipinski definition) is 6. The van der Waals surface area contributed by atoms with E-state index >= 15 is 0 Å². The van der Waals surface area contributed by atoms with Gasteiger partial charge < -0.3 is 14.8 Å².